The average Bonchev–Trinajstić information content (AvgIpc) is 2.32. The minimum absolute atomic E-state index is 0.0766. The summed E-state index contributed by atoms with van der Waals surface area (Å²) >= 11 is 4.79. The Bertz CT molecular complexity index is 662. The number of nitrogens with one attached hydrogen (secondary N) is 1. The van der Waals surface area contributed by atoms with Gasteiger partial charge in [0.2, 0.25) is 5.88 Å². The lowest BCUT2D eigenvalue weighted by Crippen LogP contribution is -2.11. The summed E-state index contributed by atoms with van der Waals surface area (Å²) in [6, 6.07) is 2.50. The summed E-state index contributed by atoms with van der Waals surface area (Å²) in [4.78, 5) is 17.6. The second kappa shape index (κ2) is 5.22. The Hall–Kier alpha value is -1.16. The van der Waals surface area contributed by atoms with Crippen LogP contribution in [0, 0.1) is 9.39 Å². The van der Waals surface area contributed by atoms with Gasteiger partial charge in [0.25, 0.3) is 5.56 Å². The SMILES string of the molecule is Nc1cc(Br)c(F)cc1Oc1nc[nH]c(=O)c1I. The van der Waals surface area contributed by atoms with Crippen molar-refractivity contribution in [3.63, 3.8) is 0 Å². The minimum Gasteiger partial charge on any atom is -0.435 e. The smallest absolute Gasteiger partial charge is 0.268 e. The van der Waals surface area contributed by atoms with Crippen molar-refractivity contribution >= 4 is 44.2 Å². The molecule has 0 radical (unpaired) electrons. The fourth-order valence-electron chi connectivity index (χ4n) is 1.17. The molecule has 18 heavy (non-hydrogen) atoms. The monoisotopic (exact) mass is 425 g/mol. The molecule has 0 saturated carbocycles. The number of halogens is 3. The molecule has 1 aromatic carbocycles. The summed E-state index contributed by atoms with van der Waals surface area (Å²) in [5.74, 6) is -0.335. The second-order valence-electron chi connectivity index (χ2n) is 3.26. The maximum atomic E-state index is 13.4. The Labute approximate surface area is 123 Å². The van der Waals surface area contributed by atoms with Crippen LogP contribution in [0.3, 0.4) is 0 Å². The molecular weight excluding hydrogens is 420 g/mol. The molecule has 5 nitrogen and oxygen atoms in total. The molecule has 0 aliphatic heterocycles. The topological polar surface area (TPSA) is 81.0 Å². The van der Waals surface area contributed by atoms with Crippen LogP contribution in [0.2, 0.25) is 0 Å². The number of benzene rings is 1. The molecule has 1 aromatic heterocycles. The lowest BCUT2D eigenvalue weighted by Gasteiger charge is -2.09. The number of ether oxygens (including phenoxy) is 1. The van der Waals surface area contributed by atoms with Crippen molar-refractivity contribution in [3.8, 4) is 11.6 Å². The minimum atomic E-state index is -0.515. The van der Waals surface area contributed by atoms with E-state index in [1.54, 1.807) is 22.6 Å². The number of H-pyrrole nitrogens is 1. The van der Waals surface area contributed by atoms with E-state index in [0.717, 1.165) is 6.07 Å². The van der Waals surface area contributed by atoms with Gasteiger partial charge in [0, 0.05) is 6.07 Å². The Balaban J connectivity index is 2.43. The zero-order chi connectivity index (χ0) is 13.3. The molecule has 0 aliphatic rings. The molecular formula is C10H6BrFIN3O2. The van der Waals surface area contributed by atoms with Crippen molar-refractivity contribution in [1.29, 1.82) is 0 Å². The first-order valence-electron chi connectivity index (χ1n) is 4.64. The molecule has 0 amide bonds. The number of nitrogens with zero attached hydrogens (tertiary/aromatic N) is 1. The summed E-state index contributed by atoms with van der Waals surface area (Å²) < 4.78 is 19.2. The van der Waals surface area contributed by atoms with Gasteiger partial charge < -0.3 is 15.5 Å². The molecule has 0 atom stereocenters. The van der Waals surface area contributed by atoms with Crippen molar-refractivity contribution in [2.45, 2.75) is 0 Å². The summed E-state index contributed by atoms with van der Waals surface area (Å²) in [6.45, 7) is 0. The zero-order valence-electron chi connectivity index (χ0n) is 8.71. The number of aromatic nitrogens is 2. The van der Waals surface area contributed by atoms with E-state index in [1.807, 2.05) is 0 Å². The number of aromatic amines is 1. The van der Waals surface area contributed by atoms with Crippen LogP contribution in [0.5, 0.6) is 11.6 Å². The first-order chi connectivity index (χ1) is 8.49. The van der Waals surface area contributed by atoms with Crippen LogP contribution in [0.25, 0.3) is 0 Å². The van der Waals surface area contributed by atoms with Gasteiger partial charge in [0.05, 0.1) is 16.5 Å². The standard InChI is InChI=1S/C10H6BrFIN3O2/c11-4-1-6(14)7(2-5(4)12)18-10-8(13)9(17)15-3-16-10/h1-3H,14H2,(H,15,16,17). The normalized spacial score (nSPS) is 10.4. The quantitative estimate of drug-likeness (QED) is 0.572. The van der Waals surface area contributed by atoms with Gasteiger partial charge in [-0.3, -0.25) is 4.79 Å². The largest absolute Gasteiger partial charge is 0.435 e. The predicted molar refractivity (Wildman–Crippen MR) is 76.2 cm³/mol. The van der Waals surface area contributed by atoms with Crippen molar-refractivity contribution in [2.24, 2.45) is 0 Å². The van der Waals surface area contributed by atoms with E-state index in [2.05, 4.69) is 25.9 Å². The predicted octanol–water partition coefficient (Wildman–Crippen LogP) is 2.65. The molecule has 2 rings (SSSR count). The Kier molecular flexibility index (Phi) is 3.85. The van der Waals surface area contributed by atoms with Crippen LogP contribution in [0.4, 0.5) is 10.1 Å². The van der Waals surface area contributed by atoms with Crippen LogP contribution >= 0.6 is 38.5 Å². The molecule has 0 spiro atoms. The van der Waals surface area contributed by atoms with Gasteiger partial charge in [-0.25, -0.2) is 9.37 Å². The average molecular weight is 426 g/mol. The van der Waals surface area contributed by atoms with E-state index in [1.165, 1.54) is 12.4 Å². The van der Waals surface area contributed by atoms with Crippen LogP contribution < -0.4 is 16.0 Å². The van der Waals surface area contributed by atoms with Gasteiger partial charge in [-0.15, -0.1) is 0 Å². The highest BCUT2D eigenvalue weighted by molar-refractivity contribution is 14.1. The summed E-state index contributed by atoms with van der Waals surface area (Å²) in [6.07, 6.45) is 1.20. The second-order valence-corrected chi connectivity index (χ2v) is 5.19. The Morgan fingerprint density at radius 1 is 1.50 bits per heavy atom. The third-order valence-electron chi connectivity index (χ3n) is 2.02. The summed E-state index contributed by atoms with van der Waals surface area (Å²) in [7, 11) is 0. The highest BCUT2D eigenvalue weighted by Gasteiger charge is 2.12. The van der Waals surface area contributed by atoms with E-state index >= 15 is 0 Å². The molecule has 8 heteroatoms. The maximum absolute atomic E-state index is 13.4. The van der Waals surface area contributed by atoms with Gasteiger partial charge in [-0.2, -0.15) is 0 Å². The van der Waals surface area contributed by atoms with E-state index in [9.17, 15) is 9.18 Å². The van der Waals surface area contributed by atoms with Crippen LogP contribution in [-0.4, -0.2) is 9.97 Å². The number of rotatable bonds is 2. The zero-order valence-corrected chi connectivity index (χ0v) is 12.5. The van der Waals surface area contributed by atoms with Gasteiger partial charge in [-0.05, 0) is 44.6 Å². The van der Waals surface area contributed by atoms with Crippen molar-refractivity contribution in [3.05, 3.63) is 42.7 Å². The number of nitrogens with two attached hydrogens (primary N) is 1. The molecule has 0 aliphatic carbocycles. The fraction of sp³-hybridized carbons (Fsp3) is 0. The third-order valence-corrected chi connectivity index (χ3v) is 3.58. The van der Waals surface area contributed by atoms with Gasteiger partial charge in [-0.1, -0.05) is 0 Å². The Morgan fingerprint density at radius 3 is 2.94 bits per heavy atom. The van der Waals surface area contributed by atoms with E-state index in [4.69, 9.17) is 10.5 Å². The van der Waals surface area contributed by atoms with Crippen LogP contribution in [0.15, 0.2) is 27.7 Å². The van der Waals surface area contributed by atoms with Crippen LogP contribution in [-0.2, 0) is 0 Å². The molecule has 3 N–H and O–H groups in total. The lowest BCUT2D eigenvalue weighted by molar-refractivity contribution is 0.454. The first-order valence-corrected chi connectivity index (χ1v) is 6.51. The molecule has 2 aromatic rings. The molecule has 0 unspecified atom stereocenters. The molecule has 0 fully saturated rings. The highest BCUT2D eigenvalue weighted by Crippen LogP contribution is 2.31. The summed E-state index contributed by atoms with van der Waals surface area (Å²) in [5.41, 5.74) is 5.59. The Morgan fingerprint density at radius 2 is 2.22 bits per heavy atom. The number of nitrogen functional groups attached to an aromatic ring is 1. The van der Waals surface area contributed by atoms with Crippen LogP contribution in [0.1, 0.15) is 0 Å². The van der Waals surface area contributed by atoms with Gasteiger partial charge >= 0.3 is 0 Å². The molecule has 0 saturated heterocycles. The highest BCUT2D eigenvalue weighted by atomic mass is 127. The number of hydrogen-bond acceptors (Lipinski definition) is 4. The fourth-order valence-corrected chi connectivity index (χ4v) is 1.94. The third kappa shape index (κ3) is 2.64. The van der Waals surface area contributed by atoms with Crippen molar-refractivity contribution in [1.82, 2.24) is 9.97 Å². The van der Waals surface area contributed by atoms with Gasteiger partial charge in [0.1, 0.15) is 9.39 Å². The van der Waals surface area contributed by atoms with E-state index < -0.39 is 5.82 Å². The van der Waals surface area contributed by atoms with E-state index in [-0.39, 0.29) is 30.9 Å². The van der Waals surface area contributed by atoms with E-state index in [0.29, 0.717) is 0 Å². The molecule has 1 heterocycles. The molecule has 0 bridgehead atoms. The van der Waals surface area contributed by atoms with Crippen molar-refractivity contribution in [2.75, 3.05) is 5.73 Å². The lowest BCUT2D eigenvalue weighted by atomic mass is 10.3. The number of anilines is 1. The first kappa shape index (κ1) is 13.3. The number of hydrogen-bond donors (Lipinski definition) is 2. The maximum Gasteiger partial charge on any atom is 0.268 e. The summed E-state index contributed by atoms with van der Waals surface area (Å²) in [5, 5.41) is 0. The van der Waals surface area contributed by atoms with Crippen molar-refractivity contribution < 1.29 is 9.13 Å². The molecule has 94 valence electrons. The van der Waals surface area contributed by atoms with Gasteiger partial charge in [0.15, 0.2) is 5.75 Å².